The summed E-state index contributed by atoms with van der Waals surface area (Å²) in [6.07, 6.45) is 0. The summed E-state index contributed by atoms with van der Waals surface area (Å²) < 4.78 is 29.6. The van der Waals surface area contributed by atoms with E-state index < -0.39 is 10.1 Å². The Bertz CT molecular complexity index is 757. The number of nitrogens with zero attached hydrogens (tertiary/aromatic N) is 1. The first-order valence-electron chi connectivity index (χ1n) is 7.74. The molecule has 1 saturated heterocycles. The van der Waals surface area contributed by atoms with Gasteiger partial charge < -0.3 is 0 Å². The van der Waals surface area contributed by atoms with E-state index in [1.807, 2.05) is 25.1 Å². The summed E-state index contributed by atoms with van der Waals surface area (Å²) in [7, 11) is -3.67. The third kappa shape index (κ3) is 3.80. The van der Waals surface area contributed by atoms with Crippen LogP contribution in [-0.2, 0) is 14.3 Å². The van der Waals surface area contributed by atoms with E-state index in [1.165, 1.54) is 5.56 Å². The van der Waals surface area contributed by atoms with Crippen molar-refractivity contribution in [3.8, 4) is 0 Å². The predicted octanol–water partition coefficient (Wildman–Crippen LogP) is 3.15. The van der Waals surface area contributed by atoms with Gasteiger partial charge in [0.2, 0.25) is 0 Å². The average Bonchev–Trinajstić information content (AvgIpc) is 3.33. The van der Waals surface area contributed by atoms with Crippen LogP contribution >= 0.6 is 0 Å². The summed E-state index contributed by atoms with van der Waals surface area (Å²) in [6.45, 7) is 5.11. The molecule has 3 atom stereocenters. The second kappa shape index (κ2) is 6.43. The minimum Gasteiger partial charge on any atom is -0.288 e. The third-order valence-electron chi connectivity index (χ3n) is 4.26. The standard InChI is InChI=1S/C18H21NO3S/c1-14-8-10-18(11-9-14)23(20,21)22-13-17-12-19(17)15(2)16-6-4-3-5-7-16/h3-11,15,17H,12-13H2,1-2H3/t15-,17+,19?/m1/s1. The molecule has 0 amide bonds. The third-order valence-corrected chi connectivity index (χ3v) is 5.56. The summed E-state index contributed by atoms with van der Waals surface area (Å²) in [5.74, 6) is 0. The van der Waals surface area contributed by atoms with Gasteiger partial charge in [-0.1, -0.05) is 48.0 Å². The van der Waals surface area contributed by atoms with Crippen molar-refractivity contribution < 1.29 is 12.6 Å². The number of aryl methyl sites for hydroxylation is 1. The van der Waals surface area contributed by atoms with E-state index in [0.717, 1.165) is 12.1 Å². The van der Waals surface area contributed by atoms with Crippen molar-refractivity contribution >= 4 is 10.1 Å². The molecule has 0 aliphatic carbocycles. The van der Waals surface area contributed by atoms with E-state index in [1.54, 1.807) is 24.3 Å². The van der Waals surface area contributed by atoms with Crippen LogP contribution in [0.4, 0.5) is 0 Å². The molecule has 4 nitrogen and oxygen atoms in total. The van der Waals surface area contributed by atoms with E-state index in [4.69, 9.17) is 4.18 Å². The molecule has 0 saturated carbocycles. The second-order valence-electron chi connectivity index (χ2n) is 5.99. The summed E-state index contributed by atoms with van der Waals surface area (Å²) in [5.41, 5.74) is 2.25. The van der Waals surface area contributed by atoms with Gasteiger partial charge in [-0.25, -0.2) is 0 Å². The van der Waals surface area contributed by atoms with Gasteiger partial charge >= 0.3 is 0 Å². The van der Waals surface area contributed by atoms with Crippen LogP contribution in [0.5, 0.6) is 0 Å². The fourth-order valence-corrected chi connectivity index (χ4v) is 3.62. The molecule has 1 aliphatic rings. The van der Waals surface area contributed by atoms with Crippen molar-refractivity contribution in [1.29, 1.82) is 0 Å². The van der Waals surface area contributed by atoms with E-state index >= 15 is 0 Å². The zero-order valence-electron chi connectivity index (χ0n) is 13.3. The molecule has 5 heteroatoms. The smallest absolute Gasteiger partial charge is 0.288 e. The number of rotatable bonds is 6. The van der Waals surface area contributed by atoms with E-state index in [-0.39, 0.29) is 23.6 Å². The van der Waals surface area contributed by atoms with Crippen LogP contribution in [0.25, 0.3) is 0 Å². The Labute approximate surface area is 137 Å². The van der Waals surface area contributed by atoms with Crippen molar-refractivity contribution in [2.24, 2.45) is 0 Å². The fraction of sp³-hybridized carbons (Fsp3) is 0.333. The molecule has 1 unspecified atom stereocenters. The molecule has 122 valence electrons. The molecule has 1 fully saturated rings. The lowest BCUT2D eigenvalue weighted by molar-refractivity contribution is 0.281. The number of hydrogen-bond acceptors (Lipinski definition) is 4. The van der Waals surface area contributed by atoms with E-state index in [9.17, 15) is 8.42 Å². The van der Waals surface area contributed by atoms with Gasteiger partial charge in [-0.3, -0.25) is 9.08 Å². The topological polar surface area (TPSA) is 46.4 Å². The molecule has 0 radical (unpaired) electrons. The molecule has 0 spiro atoms. The second-order valence-corrected chi connectivity index (χ2v) is 7.60. The maximum Gasteiger partial charge on any atom is 0.297 e. The van der Waals surface area contributed by atoms with Gasteiger partial charge in [0.1, 0.15) is 0 Å². The Balaban J connectivity index is 1.57. The number of hydrogen-bond donors (Lipinski definition) is 0. The Hall–Kier alpha value is -1.69. The van der Waals surface area contributed by atoms with E-state index in [0.29, 0.717) is 0 Å². The monoisotopic (exact) mass is 331 g/mol. The van der Waals surface area contributed by atoms with Crippen molar-refractivity contribution in [2.45, 2.75) is 30.8 Å². The molecule has 0 bridgehead atoms. The van der Waals surface area contributed by atoms with Gasteiger partial charge in [-0.05, 0) is 31.5 Å². The van der Waals surface area contributed by atoms with Crippen molar-refractivity contribution in [2.75, 3.05) is 13.2 Å². The molecule has 0 aromatic heterocycles. The van der Waals surface area contributed by atoms with E-state index in [2.05, 4.69) is 24.0 Å². The zero-order chi connectivity index (χ0) is 16.4. The Kier molecular flexibility index (Phi) is 4.53. The quantitative estimate of drug-likeness (QED) is 0.603. The van der Waals surface area contributed by atoms with Gasteiger partial charge in [-0.15, -0.1) is 0 Å². The highest BCUT2D eigenvalue weighted by atomic mass is 32.2. The lowest BCUT2D eigenvalue weighted by atomic mass is 10.1. The van der Waals surface area contributed by atoms with Gasteiger partial charge in [-0.2, -0.15) is 8.42 Å². The molecular formula is C18H21NO3S. The normalized spacial score (nSPS) is 21.8. The maximum atomic E-state index is 12.2. The lowest BCUT2D eigenvalue weighted by Crippen LogP contribution is -2.16. The highest BCUT2D eigenvalue weighted by molar-refractivity contribution is 7.86. The first kappa shape index (κ1) is 16.2. The minimum absolute atomic E-state index is 0.158. The first-order valence-corrected chi connectivity index (χ1v) is 9.15. The molecular weight excluding hydrogens is 310 g/mol. The molecule has 1 aliphatic heterocycles. The fourth-order valence-electron chi connectivity index (χ4n) is 2.68. The highest BCUT2D eigenvalue weighted by Gasteiger charge is 2.39. The molecule has 2 aromatic rings. The van der Waals surface area contributed by atoms with Crippen LogP contribution in [0.15, 0.2) is 59.5 Å². The SMILES string of the molecule is Cc1ccc(S(=O)(=O)OC[C@@H]2CN2[C@H](C)c2ccccc2)cc1. The van der Waals surface area contributed by atoms with Crippen LogP contribution in [-0.4, -0.2) is 32.5 Å². The summed E-state index contributed by atoms with van der Waals surface area (Å²) in [6, 6.07) is 17.3. The lowest BCUT2D eigenvalue weighted by Gasteiger charge is -2.14. The van der Waals surface area contributed by atoms with Gasteiger partial charge in [0.15, 0.2) is 0 Å². The maximum absolute atomic E-state index is 12.2. The molecule has 2 aromatic carbocycles. The van der Waals surface area contributed by atoms with Crippen LogP contribution in [0.1, 0.15) is 24.1 Å². The highest BCUT2D eigenvalue weighted by Crippen LogP contribution is 2.32. The number of benzene rings is 2. The largest absolute Gasteiger partial charge is 0.297 e. The first-order chi connectivity index (χ1) is 11.0. The predicted molar refractivity (Wildman–Crippen MR) is 89.7 cm³/mol. The van der Waals surface area contributed by atoms with Crippen LogP contribution in [0.2, 0.25) is 0 Å². The summed E-state index contributed by atoms with van der Waals surface area (Å²) >= 11 is 0. The molecule has 1 heterocycles. The molecule has 3 rings (SSSR count). The zero-order valence-corrected chi connectivity index (χ0v) is 14.2. The van der Waals surface area contributed by atoms with Gasteiger partial charge in [0.25, 0.3) is 10.1 Å². The Morgan fingerprint density at radius 3 is 2.43 bits per heavy atom. The summed E-state index contributed by atoms with van der Waals surface area (Å²) in [4.78, 5) is 2.45. The van der Waals surface area contributed by atoms with Crippen LogP contribution in [0, 0.1) is 6.92 Å². The van der Waals surface area contributed by atoms with Crippen LogP contribution in [0.3, 0.4) is 0 Å². The average molecular weight is 331 g/mol. The van der Waals surface area contributed by atoms with Gasteiger partial charge in [0, 0.05) is 18.6 Å². The van der Waals surface area contributed by atoms with Gasteiger partial charge in [0.05, 0.1) is 11.5 Å². The Morgan fingerprint density at radius 1 is 1.13 bits per heavy atom. The minimum atomic E-state index is -3.67. The molecule has 23 heavy (non-hydrogen) atoms. The summed E-state index contributed by atoms with van der Waals surface area (Å²) in [5, 5.41) is 0. The van der Waals surface area contributed by atoms with Crippen molar-refractivity contribution in [3.05, 3.63) is 65.7 Å². The van der Waals surface area contributed by atoms with Crippen molar-refractivity contribution in [1.82, 2.24) is 4.90 Å². The molecule has 0 N–H and O–H groups in total. The van der Waals surface area contributed by atoms with Crippen molar-refractivity contribution in [3.63, 3.8) is 0 Å². The van der Waals surface area contributed by atoms with Crippen LogP contribution < -0.4 is 0 Å². The Morgan fingerprint density at radius 2 is 1.78 bits per heavy atom.